The van der Waals surface area contributed by atoms with E-state index in [0.29, 0.717) is 24.6 Å². The van der Waals surface area contributed by atoms with Crippen molar-refractivity contribution in [2.24, 2.45) is 11.7 Å². The molecule has 1 aromatic heterocycles. The summed E-state index contributed by atoms with van der Waals surface area (Å²) in [5.41, 5.74) is 8.60. The van der Waals surface area contributed by atoms with E-state index < -0.39 is 0 Å². The van der Waals surface area contributed by atoms with E-state index in [9.17, 15) is 4.79 Å². The molecule has 6 heteroatoms. The number of benzene rings is 1. The van der Waals surface area contributed by atoms with E-state index in [1.165, 1.54) is 5.56 Å². The normalized spacial score (nSPS) is 14.8. The van der Waals surface area contributed by atoms with Crippen LogP contribution >= 0.6 is 12.4 Å². The van der Waals surface area contributed by atoms with Crippen molar-refractivity contribution in [2.45, 2.75) is 38.8 Å². The van der Waals surface area contributed by atoms with Crippen LogP contribution in [0.4, 0.5) is 0 Å². The highest BCUT2D eigenvalue weighted by atomic mass is 35.5. The summed E-state index contributed by atoms with van der Waals surface area (Å²) in [5.74, 6) is 0.497. The zero-order chi connectivity index (χ0) is 16.2. The first-order valence-electron chi connectivity index (χ1n) is 8.32. The van der Waals surface area contributed by atoms with Crippen LogP contribution in [0.25, 0.3) is 0 Å². The number of nitrogens with one attached hydrogen (secondary N) is 1. The van der Waals surface area contributed by atoms with Crippen LogP contribution in [0.15, 0.2) is 36.5 Å². The molecular formula is C18H25ClN4O. The second-order valence-electron chi connectivity index (χ2n) is 6.15. The van der Waals surface area contributed by atoms with Gasteiger partial charge in [0, 0.05) is 12.6 Å². The van der Waals surface area contributed by atoms with Gasteiger partial charge in [0.2, 0.25) is 0 Å². The standard InChI is InChI=1S/C18H24N4O.ClH/c1-2-17-15(18(23)21-16(10-19)14-8-9-14)11-20-22(17)12-13-6-4-3-5-7-13;/h3-7,11,14,16H,2,8-10,12,19H2,1H3,(H,21,23);1H. The largest absolute Gasteiger partial charge is 0.348 e. The summed E-state index contributed by atoms with van der Waals surface area (Å²) in [5, 5.41) is 7.50. The average molecular weight is 349 g/mol. The van der Waals surface area contributed by atoms with Crippen LogP contribution in [0.5, 0.6) is 0 Å². The molecule has 24 heavy (non-hydrogen) atoms. The van der Waals surface area contributed by atoms with Crippen molar-refractivity contribution in [1.29, 1.82) is 0 Å². The predicted molar refractivity (Wildman–Crippen MR) is 97.4 cm³/mol. The molecule has 1 saturated carbocycles. The lowest BCUT2D eigenvalue weighted by Crippen LogP contribution is -2.42. The zero-order valence-corrected chi connectivity index (χ0v) is 14.8. The number of amides is 1. The Balaban J connectivity index is 0.00000208. The van der Waals surface area contributed by atoms with Crippen molar-refractivity contribution in [3.8, 4) is 0 Å². The van der Waals surface area contributed by atoms with Gasteiger partial charge in [-0.05, 0) is 30.7 Å². The number of hydrogen-bond donors (Lipinski definition) is 2. The van der Waals surface area contributed by atoms with Crippen LogP contribution in [-0.2, 0) is 13.0 Å². The Kier molecular flexibility index (Phi) is 6.40. The average Bonchev–Trinajstić information content (AvgIpc) is 3.34. The van der Waals surface area contributed by atoms with Crippen LogP contribution in [0.1, 0.15) is 41.4 Å². The molecule has 1 aliphatic carbocycles. The molecule has 1 unspecified atom stereocenters. The van der Waals surface area contributed by atoms with Gasteiger partial charge in [0.05, 0.1) is 24.0 Å². The Morgan fingerprint density at radius 3 is 2.67 bits per heavy atom. The summed E-state index contributed by atoms with van der Waals surface area (Å²) in [6.07, 6.45) is 4.77. The van der Waals surface area contributed by atoms with Gasteiger partial charge in [-0.3, -0.25) is 9.48 Å². The molecule has 2 aromatic rings. The molecule has 5 nitrogen and oxygen atoms in total. The summed E-state index contributed by atoms with van der Waals surface area (Å²) in [6, 6.07) is 10.2. The lowest BCUT2D eigenvalue weighted by atomic mass is 10.1. The van der Waals surface area contributed by atoms with Crippen molar-refractivity contribution in [2.75, 3.05) is 6.54 Å². The molecule has 130 valence electrons. The van der Waals surface area contributed by atoms with Gasteiger partial charge in [0.1, 0.15) is 0 Å². The third kappa shape index (κ3) is 4.16. The summed E-state index contributed by atoms with van der Waals surface area (Å²) >= 11 is 0. The number of hydrogen-bond acceptors (Lipinski definition) is 3. The highest BCUT2D eigenvalue weighted by Crippen LogP contribution is 2.32. The second-order valence-corrected chi connectivity index (χ2v) is 6.15. The molecule has 1 fully saturated rings. The first kappa shape index (κ1) is 18.5. The molecule has 0 saturated heterocycles. The first-order valence-corrected chi connectivity index (χ1v) is 8.32. The number of nitrogens with two attached hydrogens (primary N) is 1. The van der Waals surface area contributed by atoms with Gasteiger partial charge in [-0.15, -0.1) is 12.4 Å². The molecule has 0 bridgehead atoms. The molecule has 3 rings (SSSR count). The monoisotopic (exact) mass is 348 g/mol. The van der Waals surface area contributed by atoms with E-state index in [-0.39, 0.29) is 24.4 Å². The van der Waals surface area contributed by atoms with Crippen LogP contribution in [-0.4, -0.2) is 28.3 Å². The third-order valence-corrected chi connectivity index (χ3v) is 4.46. The maximum atomic E-state index is 12.6. The van der Waals surface area contributed by atoms with E-state index in [1.54, 1.807) is 6.20 Å². The summed E-state index contributed by atoms with van der Waals surface area (Å²) in [7, 11) is 0. The summed E-state index contributed by atoms with van der Waals surface area (Å²) in [4.78, 5) is 12.6. The third-order valence-electron chi connectivity index (χ3n) is 4.46. The van der Waals surface area contributed by atoms with Gasteiger partial charge in [0.15, 0.2) is 0 Å². The smallest absolute Gasteiger partial charge is 0.255 e. The van der Waals surface area contributed by atoms with Crippen LogP contribution in [0.3, 0.4) is 0 Å². The number of carbonyl (C=O) groups excluding carboxylic acids is 1. The van der Waals surface area contributed by atoms with Crippen LogP contribution < -0.4 is 11.1 Å². The fourth-order valence-corrected chi connectivity index (χ4v) is 2.98. The Morgan fingerprint density at radius 1 is 1.38 bits per heavy atom. The topological polar surface area (TPSA) is 72.9 Å². The van der Waals surface area contributed by atoms with Crippen LogP contribution in [0.2, 0.25) is 0 Å². The second kappa shape index (κ2) is 8.31. The lowest BCUT2D eigenvalue weighted by Gasteiger charge is -2.16. The van der Waals surface area contributed by atoms with Crippen molar-refractivity contribution in [1.82, 2.24) is 15.1 Å². The molecule has 0 radical (unpaired) electrons. The summed E-state index contributed by atoms with van der Waals surface area (Å²) < 4.78 is 1.92. The van der Waals surface area contributed by atoms with E-state index in [0.717, 1.165) is 25.0 Å². The SMILES string of the molecule is CCc1c(C(=O)NC(CN)C2CC2)cnn1Cc1ccccc1.Cl. The van der Waals surface area contributed by atoms with Gasteiger partial charge in [0.25, 0.3) is 5.91 Å². The van der Waals surface area contributed by atoms with Crippen molar-refractivity contribution in [3.63, 3.8) is 0 Å². The van der Waals surface area contributed by atoms with Gasteiger partial charge in [-0.2, -0.15) is 5.10 Å². The maximum Gasteiger partial charge on any atom is 0.255 e. The zero-order valence-electron chi connectivity index (χ0n) is 13.9. The minimum atomic E-state index is -0.0523. The van der Waals surface area contributed by atoms with E-state index in [1.807, 2.05) is 22.9 Å². The molecule has 1 aliphatic rings. The molecule has 1 atom stereocenters. The molecule has 3 N–H and O–H groups in total. The number of carbonyl (C=O) groups is 1. The summed E-state index contributed by atoms with van der Waals surface area (Å²) in [6.45, 7) is 3.23. The van der Waals surface area contributed by atoms with E-state index in [4.69, 9.17) is 5.73 Å². The Morgan fingerprint density at radius 2 is 2.08 bits per heavy atom. The van der Waals surface area contributed by atoms with Crippen molar-refractivity contribution < 1.29 is 4.79 Å². The first-order chi connectivity index (χ1) is 11.2. The highest BCUT2D eigenvalue weighted by molar-refractivity contribution is 5.95. The number of halogens is 1. The molecule has 1 amide bonds. The molecular weight excluding hydrogens is 324 g/mol. The van der Waals surface area contributed by atoms with Crippen molar-refractivity contribution in [3.05, 3.63) is 53.3 Å². The fourth-order valence-electron chi connectivity index (χ4n) is 2.98. The maximum absolute atomic E-state index is 12.6. The minimum absolute atomic E-state index is 0. The van der Waals surface area contributed by atoms with E-state index in [2.05, 4.69) is 29.5 Å². The van der Waals surface area contributed by atoms with Crippen molar-refractivity contribution >= 4 is 18.3 Å². The predicted octanol–water partition coefficient (Wildman–Crippen LogP) is 2.38. The highest BCUT2D eigenvalue weighted by Gasteiger charge is 2.32. The van der Waals surface area contributed by atoms with Crippen LogP contribution in [0, 0.1) is 5.92 Å². The Bertz CT molecular complexity index is 667. The lowest BCUT2D eigenvalue weighted by molar-refractivity contribution is 0.0932. The molecule has 0 aliphatic heterocycles. The number of rotatable bonds is 7. The van der Waals surface area contributed by atoms with Gasteiger partial charge in [-0.25, -0.2) is 0 Å². The molecule has 1 aromatic carbocycles. The number of nitrogens with zero attached hydrogens (tertiary/aromatic N) is 2. The fraction of sp³-hybridized carbons (Fsp3) is 0.444. The Hall–Kier alpha value is -1.85. The Labute approximate surface area is 149 Å². The van der Waals surface area contributed by atoms with Gasteiger partial charge >= 0.3 is 0 Å². The van der Waals surface area contributed by atoms with Gasteiger partial charge < -0.3 is 11.1 Å². The molecule has 1 heterocycles. The quantitative estimate of drug-likeness (QED) is 0.806. The minimum Gasteiger partial charge on any atom is -0.348 e. The van der Waals surface area contributed by atoms with E-state index >= 15 is 0 Å². The molecule has 0 spiro atoms. The number of aromatic nitrogens is 2. The van der Waals surface area contributed by atoms with Gasteiger partial charge in [-0.1, -0.05) is 37.3 Å².